The Morgan fingerprint density at radius 2 is 1.89 bits per heavy atom. The highest BCUT2D eigenvalue weighted by Gasteiger charge is 2.35. The van der Waals surface area contributed by atoms with Gasteiger partial charge < -0.3 is 11.5 Å². The van der Waals surface area contributed by atoms with Gasteiger partial charge >= 0.3 is 0 Å². The summed E-state index contributed by atoms with van der Waals surface area (Å²) in [6.07, 6.45) is 0. The Balaban J connectivity index is 3.80. The normalized spacial score (nSPS) is 15.7. The quantitative estimate of drug-likeness (QED) is 0.577. The molecule has 0 saturated carbocycles. The van der Waals surface area contributed by atoms with Crippen molar-refractivity contribution in [1.82, 2.24) is 0 Å². The lowest BCUT2D eigenvalue weighted by Gasteiger charge is -2.18. The number of hydrogen-bond donors (Lipinski definition) is 2. The molecule has 0 heterocycles. The van der Waals surface area contributed by atoms with E-state index in [4.69, 9.17) is 0 Å². The largest absolute Gasteiger partial charge is 0.325 e. The van der Waals surface area contributed by atoms with Gasteiger partial charge in [-0.1, -0.05) is 0 Å². The first kappa shape index (κ1) is 8.71. The van der Waals surface area contributed by atoms with E-state index in [0.29, 0.717) is 0 Å². The third-order valence-electron chi connectivity index (χ3n) is 0.981. The zero-order chi connectivity index (χ0) is 7.49. The van der Waals surface area contributed by atoms with Crippen LogP contribution in [0, 0.1) is 0 Å². The van der Waals surface area contributed by atoms with E-state index in [1.165, 1.54) is 0 Å². The topological polar surface area (TPSA) is 52.0 Å². The molecule has 5 heteroatoms. The summed E-state index contributed by atoms with van der Waals surface area (Å²) in [5.74, 6) is -3.27. The lowest BCUT2D eigenvalue weighted by atomic mass is 10.2. The first-order valence-electron chi connectivity index (χ1n) is 2.44. The van der Waals surface area contributed by atoms with Gasteiger partial charge in [-0.05, 0) is 0 Å². The van der Waals surface area contributed by atoms with Gasteiger partial charge in [0.05, 0.1) is 12.6 Å². The minimum atomic E-state index is -3.27. The summed E-state index contributed by atoms with van der Waals surface area (Å²) in [6.45, 7) is -2.15. The van der Waals surface area contributed by atoms with E-state index >= 15 is 0 Å². The molecule has 0 bridgehead atoms. The van der Waals surface area contributed by atoms with Crippen molar-refractivity contribution in [2.75, 3.05) is 13.2 Å². The molecule has 0 spiro atoms. The second-order valence-corrected chi connectivity index (χ2v) is 1.73. The number of rotatable bonds is 3. The van der Waals surface area contributed by atoms with E-state index in [-0.39, 0.29) is 0 Å². The molecule has 0 aliphatic carbocycles. The summed E-state index contributed by atoms with van der Waals surface area (Å²) in [6, 6.07) is -1.76. The Labute approximate surface area is 51.0 Å². The van der Waals surface area contributed by atoms with Crippen molar-refractivity contribution in [3.05, 3.63) is 0 Å². The number of alkyl halides is 3. The van der Waals surface area contributed by atoms with Crippen molar-refractivity contribution in [1.29, 1.82) is 0 Å². The molecule has 2 nitrogen and oxygen atoms in total. The van der Waals surface area contributed by atoms with Crippen LogP contribution in [0.15, 0.2) is 0 Å². The van der Waals surface area contributed by atoms with Crippen molar-refractivity contribution < 1.29 is 13.2 Å². The fraction of sp³-hybridized carbons (Fsp3) is 1.00. The molecule has 0 aromatic heterocycles. The third-order valence-corrected chi connectivity index (χ3v) is 0.981. The molecule has 0 aliphatic heterocycles. The fourth-order valence-corrected chi connectivity index (χ4v) is 0.264. The zero-order valence-electron chi connectivity index (χ0n) is 4.78. The highest BCUT2D eigenvalue weighted by molar-refractivity contribution is 4.80. The van der Waals surface area contributed by atoms with Crippen LogP contribution in [0.25, 0.3) is 0 Å². The van der Waals surface area contributed by atoms with Gasteiger partial charge in [-0.2, -0.15) is 0 Å². The first-order valence-corrected chi connectivity index (χ1v) is 2.44. The van der Waals surface area contributed by atoms with Crippen LogP contribution in [-0.4, -0.2) is 25.2 Å². The van der Waals surface area contributed by atoms with Crippen molar-refractivity contribution >= 4 is 0 Å². The Bertz CT molecular complexity index is 85.9. The van der Waals surface area contributed by atoms with Gasteiger partial charge in [0.2, 0.25) is 0 Å². The highest BCUT2D eigenvalue weighted by Crippen LogP contribution is 2.14. The van der Waals surface area contributed by atoms with Crippen molar-refractivity contribution in [2.24, 2.45) is 11.5 Å². The Hall–Kier alpha value is -0.290. The first-order chi connectivity index (χ1) is 4.04. The van der Waals surface area contributed by atoms with Crippen LogP contribution in [-0.2, 0) is 0 Å². The Morgan fingerprint density at radius 3 is 2.00 bits per heavy atom. The van der Waals surface area contributed by atoms with Crippen LogP contribution >= 0.6 is 0 Å². The standard InChI is InChI=1S/C4H9F3N2/c5-1-3(9)4(6,7)2-8/h3H,1-2,8-9H2. The van der Waals surface area contributed by atoms with Crippen LogP contribution < -0.4 is 11.5 Å². The number of nitrogens with two attached hydrogens (primary N) is 2. The summed E-state index contributed by atoms with van der Waals surface area (Å²) in [5.41, 5.74) is 9.24. The van der Waals surface area contributed by atoms with E-state index in [1.807, 2.05) is 0 Å². The maximum absolute atomic E-state index is 12.1. The maximum atomic E-state index is 12.1. The van der Waals surface area contributed by atoms with Crippen molar-refractivity contribution in [3.63, 3.8) is 0 Å². The van der Waals surface area contributed by atoms with Crippen LogP contribution in [0.4, 0.5) is 13.2 Å². The molecule has 0 saturated heterocycles. The lowest BCUT2D eigenvalue weighted by molar-refractivity contribution is -0.0220. The SMILES string of the molecule is NCC(F)(F)C(N)CF. The second kappa shape index (κ2) is 3.03. The minimum Gasteiger partial charge on any atom is -0.325 e. The summed E-state index contributed by atoms with van der Waals surface area (Å²) >= 11 is 0. The second-order valence-electron chi connectivity index (χ2n) is 1.73. The molecular weight excluding hydrogens is 133 g/mol. The van der Waals surface area contributed by atoms with Gasteiger partial charge in [0.25, 0.3) is 5.92 Å². The van der Waals surface area contributed by atoms with Gasteiger partial charge in [-0.25, -0.2) is 13.2 Å². The number of hydrogen-bond acceptors (Lipinski definition) is 2. The van der Waals surface area contributed by atoms with Crippen LogP contribution in [0.3, 0.4) is 0 Å². The van der Waals surface area contributed by atoms with Crippen molar-refractivity contribution in [3.8, 4) is 0 Å². The molecule has 0 amide bonds. The van der Waals surface area contributed by atoms with E-state index in [0.717, 1.165) is 0 Å². The lowest BCUT2D eigenvalue weighted by Crippen LogP contribution is -2.47. The molecule has 0 aromatic carbocycles. The molecule has 0 fully saturated rings. The van der Waals surface area contributed by atoms with Crippen LogP contribution in [0.5, 0.6) is 0 Å². The third kappa shape index (κ3) is 2.19. The molecule has 0 aromatic rings. The molecule has 0 rings (SSSR count). The van der Waals surface area contributed by atoms with Gasteiger partial charge in [0.15, 0.2) is 0 Å². The van der Waals surface area contributed by atoms with Crippen LogP contribution in [0.2, 0.25) is 0 Å². The summed E-state index contributed by atoms with van der Waals surface area (Å²) in [4.78, 5) is 0. The summed E-state index contributed by atoms with van der Waals surface area (Å²) in [5, 5.41) is 0. The smallest absolute Gasteiger partial charge is 0.277 e. The van der Waals surface area contributed by atoms with Gasteiger partial charge in [-0.3, -0.25) is 0 Å². The molecule has 1 atom stereocenters. The Morgan fingerprint density at radius 1 is 1.44 bits per heavy atom. The van der Waals surface area contributed by atoms with E-state index in [1.54, 1.807) is 0 Å². The summed E-state index contributed by atoms with van der Waals surface area (Å²) < 4.78 is 35.5. The van der Waals surface area contributed by atoms with Crippen LogP contribution in [0.1, 0.15) is 0 Å². The molecule has 9 heavy (non-hydrogen) atoms. The van der Waals surface area contributed by atoms with E-state index in [2.05, 4.69) is 11.5 Å². The average molecular weight is 142 g/mol. The highest BCUT2D eigenvalue weighted by atomic mass is 19.3. The predicted octanol–water partition coefficient (Wildman–Crippen LogP) is -0.123. The zero-order valence-corrected chi connectivity index (χ0v) is 4.78. The molecular formula is C4H9F3N2. The summed E-state index contributed by atoms with van der Waals surface area (Å²) in [7, 11) is 0. The van der Waals surface area contributed by atoms with Gasteiger partial charge in [-0.15, -0.1) is 0 Å². The molecule has 56 valence electrons. The molecule has 4 N–H and O–H groups in total. The minimum absolute atomic E-state index is 0.905. The van der Waals surface area contributed by atoms with Crippen molar-refractivity contribution in [2.45, 2.75) is 12.0 Å². The van der Waals surface area contributed by atoms with Gasteiger partial charge in [0.1, 0.15) is 6.67 Å². The molecule has 0 aliphatic rings. The monoisotopic (exact) mass is 142 g/mol. The molecule has 1 unspecified atom stereocenters. The predicted molar refractivity (Wildman–Crippen MR) is 28.0 cm³/mol. The average Bonchev–Trinajstić information content (AvgIpc) is 1.86. The number of halogens is 3. The fourth-order valence-electron chi connectivity index (χ4n) is 0.264. The Kier molecular flexibility index (Phi) is 2.93. The van der Waals surface area contributed by atoms with Gasteiger partial charge in [0, 0.05) is 0 Å². The van der Waals surface area contributed by atoms with E-state index < -0.39 is 25.2 Å². The molecule has 0 radical (unpaired) electrons. The maximum Gasteiger partial charge on any atom is 0.277 e. The van der Waals surface area contributed by atoms with E-state index in [9.17, 15) is 13.2 Å².